The van der Waals surface area contributed by atoms with Crippen LogP contribution in [0.15, 0.2) is 40.9 Å². The third kappa shape index (κ3) is 5.35. The Hall–Kier alpha value is -2.45. The summed E-state index contributed by atoms with van der Waals surface area (Å²) in [4.78, 5) is 15.9. The van der Waals surface area contributed by atoms with E-state index in [1.807, 2.05) is 18.2 Å². The SMILES string of the molecule is Nc1nc(/C(=N/O)C(=O)NCCCNCc2ccccc2)cs1. The topological polar surface area (TPSA) is 113 Å². The van der Waals surface area contributed by atoms with Crippen LogP contribution in [-0.2, 0) is 11.3 Å². The predicted molar refractivity (Wildman–Crippen MR) is 90.6 cm³/mol. The Bertz CT molecular complexity index is 657. The average molecular weight is 333 g/mol. The van der Waals surface area contributed by atoms with Crippen LogP contribution in [0.1, 0.15) is 17.7 Å². The smallest absolute Gasteiger partial charge is 0.275 e. The minimum absolute atomic E-state index is 0.129. The van der Waals surface area contributed by atoms with Crippen molar-refractivity contribution in [1.29, 1.82) is 0 Å². The molecule has 0 bridgehead atoms. The highest BCUT2D eigenvalue weighted by Crippen LogP contribution is 2.11. The van der Waals surface area contributed by atoms with Gasteiger partial charge in [-0.15, -0.1) is 11.3 Å². The molecule has 0 aliphatic heterocycles. The summed E-state index contributed by atoms with van der Waals surface area (Å²) in [5.74, 6) is -0.471. The second-order valence-corrected chi connectivity index (χ2v) is 5.68. The number of hydrogen-bond donors (Lipinski definition) is 4. The molecule has 0 saturated heterocycles. The van der Waals surface area contributed by atoms with Crippen LogP contribution >= 0.6 is 11.3 Å². The number of oxime groups is 1. The van der Waals surface area contributed by atoms with E-state index in [0.29, 0.717) is 11.7 Å². The minimum atomic E-state index is -0.471. The van der Waals surface area contributed by atoms with Crippen molar-refractivity contribution < 1.29 is 10.0 Å². The first-order valence-electron chi connectivity index (χ1n) is 7.17. The van der Waals surface area contributed by atoms with Gasteiger partial charge >= 0.3 is 0 Å². The van der Waals surface area contributed by atoms with Gasteiger partial charge in [0.05, 0.1) is 0 Å². The number of hydrogen-bond acceptors (Lipinski definition) is 7. The Morgan fingerprint density at radius 3 is 2.74 bits per heavy atom. The van der Waals surface area contributed by atoms with Crippen LogP contribution in [-0.4, -0.2) is 34.9 Å². The van der Waals surface area contributed by atoms with Crippen molar-refractivity contribution in [3.8, 4) is 0 Å². The maximum Gasteiger partial charge on any atom is 0.275 e. The standard InChI is InChI=1S/C15H19N5O2S/c16-15-19-12(10-23-15)13(20-22)14(21)18-8-4-7-17-9-11-5-2-1-3-6-11/h1-3,5-6,10,17,22H,4,7-9H2,(H2,16,19)(H,18,21)/b20-13-. The van der Waals surface area contributed by atoms with Gasteiger partial charge in [-0.25, -0.2) is 4.98 Å². The molecule has 122 valence electrons. The third-order valence-electron chi connectivity index (χ3n) is 3.07. The van der Waals surface area contributed by atoms with Gasteiger partial charge in [0, 0.05) is 18.5 Å². The third-order valence-corrected chi connectivity index (χ3v) is 3.74. The molecule has 0 fully saturated rings. The molecule has 0 atom stereocenters. The fourth-order valence-electron chi connectivity index (χ4n) is 1.94. The van der Waals surface area contributed by atoms with Gasteiger partial charge in [-0.05, 0) is 18.5 Å². The monoisotopic (exact) mass is 333 g/mol. The van der Waals surface area contributed by atoms with Gasteiger partial charge in [-0.1, -0.05) is 35.5 Å². The number of carbonyl (C=O) groups is 1. The zero-order valence-electron chi connectivity index (χ0n) is 12.5. The van der Waals surface area contributed by atoms with Crippen LogP contribution in [0, 0.1) is 0 Å². The maximum absolute atomic E-state index is 11.9. The van der Waals surface area contributed by atoms with E-state index in [-0.39, 0.29) is 11.4 Å². The number of amides is 1. The highest BCUT2D eigenvalue weighted by Gasteiger charge is 2.17. The summed E-state index contributed by atoms with van der Waals surface area (Å²) in [7, 11) is 0. The molecule has 5 N–H and O–H groups in total. The molecule has 0 aliphatic carbocycles. The molecule has 2 aromatic rings. The molecule has 0 spiro atoms. The van der Waals surface area contributed by atoms with Crippen LogP contribution in [0.5, 0.6) is 0 Å². The number of nitrogens with zero attached hydrogens (tertiary/aromatic N) is 2. The van der Waals surface area contributed by atoms with Gasteiger partial charge in [0.2, 0.25) is 0 Å². The number of thiazole rings is 1. The lowest BCUT2D eigenvalue weighted by Crippen LogP contribution is -2.33. The van der Waals surface area contributed by atoms with E-state index in [9.17, 15) is 4.79 Å². The van der Waals surface area contributed by atoms with Crippen LogP contribution < -0.4 is 16.4 Å². The van der Waals surface area contributed by atoms with E-state index in [0.717, 1.165) is 19.5 Å². The molecular weight excluding hydrogens is 314 g/mol. The molecule has 7 nitrogen and oxygen atoms in total. The maximum atomic E-state index is 11.9. The van der Waals surface area contributed by atoms with Crippen LogP contribution in [0.3, 0.4) is 0 Å². The minimum Gasteiger partial charge on any atom is -0.410 e. The molecule has 0 saturated carbocycles. The average Bonchev–Trinajstić information content (AvgIpc) is 2.98. The zero-order valence-corrected chi connectivity index (χ0v) is 13.3. The fourth-order valence-corrected chi connectivity index (χ4v) is 2.48. The molecule has 1 amide bonds. The Kier molecular flexibility index (Phi) is 6.52. The number of nitrogens with two attached hydrogens (primary N) is 1. The Morgan fingerprint density at radius 2 is 2.09 bits per heavy atom. The van der Waals surface area contributed by atoms with Crippen LogP contribution in [0.2, 0.25) is 0 Å². The highest BCUT2D eigenvalue weighted by molar-refractivity contribution is 7.13. The zero-order chi connectivity index (χ0) is 16.5. The number of anilines is 1. The molecule has 1 heterocycles. The van der Waals surface area contributed by atoms with Gasteiger partial charge < -0.3 is 21.6 Å². The molecule has 0 unspecified atom stereocenters. The first kappa shape index (κ1) is 16.9. The Balaban J connectivity index is 1.66. The predicted octanol–water partition coefficient (Wildman–Crippen LogP) is 1.20. The van der Waals surface area contributed by atoms with Crippen molar-refractivity contribution in [3.63, 3.8) is 0 Å². The van der Waals surface area contributed by atoms with E-state index >= 15 is 0 Å². The molecular formula is C15H19N5O2S. The van der Waals surface area contributed by atoms with Gasteiger partial charge in [-0.3, -0.25) is 4.79 Å². The normalized spacial score (nSPS) is 11.4. The number of carbonyl (C=O) groups excluding carboxylic acids is 1. The quantitative estimate of drug-likeness (QED) is 0.251. The lowest BCUT2D eigenvalue weighted by Gasteiger charge is -2.07. The largest absolute Gasteiger partial charge is 0.410 e. The van der Waals surface area contributed by atoms with Gasteiger partial charge in [-0.2, -0.15) is 0 Å². The summed E-state index contributed by atoms with van der Waals surface area (Å²) in [6.07, 6.45) is 0.760. The summed E-state index contributed by atoms with van der Waals surface area (Å²) in [6.45, 7) is 2.03. The Morgan fingerprint density at radius 1 is 1.30 bits per heavy atom. The van der Waals surface area contributed by atoms with E-state index in [1.165, 1.54) is 16.9 Å². The second kappa shape index (κ2) is 8.86. The summed E-state index contributed by atoms with van der Waals surface area (Å²) in [5, 5.41) is 19.9. The lowest BCUT2D eigenvalue weighted by atomic mass is 10.2. The van der Waals surface area contributed by atoms with Crippen molar-refractivity contribution in [2.45, 2.75) is 13.0 Å². The van der Waals surface area contributed by atoms with E-state index < -0.39 is 5.91 Å². The number of nitrogen functional groups attached to an aromatic ring is 1. The first-order chi connectivity index (χ1) is 11.2. The number of nitrogens with one attached hydrogen (secondary N) is 2. The molecule has 1 aromatic heterocycles. The van der Waals surface area contributed by atoms with Gasteiger partial charge in [0.15, 0.2) is 10.8 Å². The fraction of sp³-hybridized carbons (Fsp3) is 0.267. The van der Waals surface area contributed by atoms with Crippen LogP contribution in [0.4, 0.5) is 5.13 Å². The molecule has 0 aliphatic rings. The van der Waals surface area contributed by atoms with Crippen molar-refractivity contribution in [2.75, 3.05) is 18.8 Å². The van der Waals surface area contributed by atoms with Crippen molar-refractivity contribution in [3.05, 3.63) is 47.0 Å². The summed E-state index contributed by atoms with van der Waals surface area (Å²) < 4.78 is 0. The second-order valence-electron chi connectivity index (χ2n) is 4.79. The van der Waals surface area contributed by atoms with Crippen molar-refractivity contribution >= 4 is 28.1 Å². The number of rotatable bonds is 8. The van der Waals surface area contributed by atoms with Crippen LogP contribution in [0.25, 0.3) is 0 Å². The summed E-state index contributed by atoms with van der Waals surface area (Å²) >= 11 is 1.18. The first-order valence-corrected chi connectivity index (χ1v) is 8.05. The van der Waals surface area contributed by atoms with E-state index in [4.69, 9.17) is 10.9 Å². The van der Waals surface area contributed by atoms with E-state index in [2.05, 4.69) is 32.9 Å². The van der Waals surface area contributed by atoms with Crippen molar-refractivity contribution in [2.24, 2.45) is 5.16 Å². The molecule has 1 aromatic carbocycles. The molecule has 8 heteroatoms. The summed E-state index contributed by atoms with van der Waals surface area (Å²) in [5.41, 5.74) is 6.86. The number of aromatic nitrogens is 1. The molecule has 23 heavy (non-hydrogen) atoms. The lowest BCUT2D eigenvalue weighted by molar-refractivity contribution is -0.114. The molecule has 0 radical (unpaired) electrons. The Labute approximate surface area is 138 Å². The summed E-state index contributed by atoms with van der Waals surface area (Å²) in [6, 6.07) is 10.1. The number of benzene rings is 1. The molecule has 2 rings (SSSR count). The highest BCUT2D eigenvalue weighted by atomic mass is 32.1. The van der Waals surface area contributed by atoms with Gasteiger partial charge in [0.25, 0.3) is 5.91 Å². The van der Waals surface area contributed by atoms with Crippen molar-refractivity contribution in [1.82, 2.24) is 15.6 Å². The van der Waals surface area contributed by atoms with Gasteiger partial charge in [0.1, 0.15) is 5.69 Å². The van der Waals surface area contributed by atoms with E-state index in [1.54, 1.807) is 5.38 Å².